The first-order valence-corrected chi connectivity index (χ1v) is 14.2. The van der Waals surface area contributed by atoms with E-state index in [1.54, 1.807) is 41.5 Å². The lowest BCUT2D eigenvalue weighted by Crippen LogP contribution is -2.59. The normalized spacial score (nSPS) is 24.4. The van der Waals surface area contributed by atoms with Crippen LogP contribution in [0.4, 0.5) is 4.79 Å². The minimum absolute atomic E-state index is 0.0632. The van der Waals surface area contributed by atoms with Crippen LogP contribution in [0.5, 0.6) is 5.75 Å². The minimum atomic E-state index is -1.46. The van der Waals surface area contributed by atoms with Gasteiger partial charge in [0.25, 0.3) is 0 Å². The Balaban J connectivity index is 1.64. The molecule has 0 radical (unpaired) electrons. The van der Waals surface area contributed by atoms with Crippen molar-refractivity contribution in [3.05, 3.63) is 55.1 Å². The summed E-state index contributed by atoms with van der Waals surface area (Å²) in [7, 11) is 0. The molecule has 226 valence electrons. The highest BCUT2D eigenvalue weighted by Crippen LogP contribution is 2.45. The van der Waals surface area contributed by atoms with Gasteiger partial charge in [-0.15, -0.1) is 6.58 Å². The molecule has 0 spiro atoms. The first-order valence-electron chi connectivity index (χ1n) is 14.2. The van der Waals surface area contributed by atoms with Gasteiger partial charge in [-0.3, -0.25) is 9.59 Å². The molecule has 2 aliphatic rings. The molecule has 42 heavy (non-hydrogen) atoms. The standard InChI is InChI=1S/C32H41N3O7/c1-8-20-17-32(20,28(38)39)34-26(36)23-16-21(41-24-15-11-13-19-12-9-10-14-22(19)24)18-35(23)27(37)25(30(2,3)4)33-29(40)42-31(5,6)7/h8-15,20-21,23,25H,1,16-18H2,2-7H3,(H,33,40)(H,34,36)(H,38,39). The topological polar surface area (TPSA) is 134 Å². The molecule has 2 aromatic carbocycles. The van der Waals surface area contributed by atoms with Crippen molar-refractivity contribution in [2.75, 3.05) is 6.54 Å². The maximum absolute atomic E-state index is 14.1. The van der Waals surface area contributed by atoms with Crippen LogP contribution < -0.4 is 15.4 Å². The third-order valence-electron chi connectivity index (χ3n) is 7.69. The molecule has 10 nitrogen and oxygen atoms in total. The number of benzene rings is 2. The van der Waals surface area contributed by atoms with E-state index in [0.717, 1.165) is 10.8 Å². The molecule has 3 N–H and O–H groups in total. The highest BCUT2D eigenvalue weighted by atomic mass is 16.6. The predicted octanol–water partition coefficient (Wildman–Crippen LogP) is 4.27. The van der Waals surface area contributed by atoms with Crippen molar-refractivity contribution >= 4 is 34.6 Å². The van der Waals surface area contributed by atoms with E-state index in [-0.39, 0.29) is 19.4 Å². The van der Waals surface area contributed by atoms with Gasteiger partial charge in [-0.1, -0.05) is 63.2 Å². The van der Waals surface area contributed by atoms with Gasteiger partial charge < -0.3 is 30.1 Å². The molecule has 3 amide bonds. The van der Waals surface area contributed by atoms with E-state index in [9.17, 15) is 24.3 Å². The molecule has 0 bridgehead atoms. The molecule has 0 aromatic heterocycles. The molecule has 1 saturated heterocycles. The minimum Gasteiger partial charge on any atom is -0.488 e. The molecule has 10 heteroatoms. The monoisotopic (exact) mass is 579 g/mol. The van der Waals surface area contributed by atoms with E-state index in [1.807, 2.05) is 42.5 Å². The first-order chi connectivity index (χ1) is 19.6. The zero-order valence-electron chi connectivity index (χ0n) is 25.1. The maximum Gasteiger partial charge on any atom is 0.408 e. The number of carboxylic acid groups (broad SMARTS) is 1. The lowest BCUT2D eigenvalue weighted by Gasteiger charge is -2.35. The third kappa shape index (κ3) is 6.53. The van der Waals surface area contributed by atoms with Crippen molar-refractivity contribution in [1.82, 2.24) is 15.5 Å². The van der Waals surface area contributed by atoms with Gasteiger partial charge in [0, 0.05) is 17.7 Å². The Morgan fingerprint density at radius 1 is 1.07 bits per heavy atom. The van der Waals surface area contributed by atoms with E-state index in [0.29, 0.717) is 5.75 Å². The fourth-order valence-electron chi connectivity index (χ4n) is 5.41. The molecule has 1 aliphatic carbocycles. The Hall–Kier alpha value is -4.08. The highest BCUT2D eigenvalue weighted by Gasteiger charge is 2.61. The van der Waals surface area contributed by atoms with Crippen molar-refractivity contribution in [2.24, 2.45) is 11.3 Å². The Kier molecular flexibility index (Phi) is 8.31. The van der Waals surface area contributed by atoms with Crippen molar-refractivity contribution in [1.29, 1.82) is 0 Å². The Bertz CT molecular complexity index is 1390. The maximum atomic E-state index is 14.1. The quantitative estimate of drug-likeness (QED) is 0.398. The number of hydrogen-bond acceptors (Lipinski definition) is 6. The van der Waals surface area contributed by atoms with Crippen LogP contribution in [-0.2, 0) is 19.1 Å². The van der Waals surface area contributed by atoms with Crippen LogP contribution in [0.25, 0.3) is 10.8 Å². The average molecular weight is 580 g/mol. The number of carbonyl (C=O) groups excluding carboxylic acids is 3. The second kappa shape index (κ2) is 11.3. The number of alkyl carbamates (subject to hydrolysis) is 1. The van der Waals surface area contributed by atoms with Gasteiger partial charge in [0.15, 0.2) is 0 Å². The summed E-state index contributed by atoms with van der Waals surface area (Å²) in [6.45, 7) is 14.3. The van der Waals surface area contributed by atoms with Crippen LogP contribution in [0.2, 0.25) is 0 Å². The second-order valence-electron chi connectivity index (χ2n) is 13.2. The van der Waals surface area contributed by atoms with Crippen LogP contribution in [-0.4, -0.2) is 69.8 Å². The molecular formula is C32H41N3O7. The first kappa shape index (κ1) is 30.9. The zero-order valence-corrected chi connectivity index (χ0v) is 25.1. The lowest BCUT2D eigenvalue weighted by molar-refractivity contribution is -0.146. The molecule has 5 atom stereocenters. The summed E-state index contributed by atoms with van der Waals surface area (Å²) in [6, 6.07) is 11.4. The largest absolute Gasteiger partial charge is 0.488 e. The number of carboxylic acids is 1. The van der Waals surface area contributed by atoms with Crippen LogP contribution in [0.15, 0.2) is 55.1 Å². The number of rotatable bonds is 8. The fraction of sp³-hybridized carbons (Fsp3) is 0.500. The summed E-state index contributed by atoms with van der Waals surface area (Å²) in [4.78, 5) is 54.1. The van der Waals surface area contributed by atoms with Crippen molar-refractivity contribution in [2.45, 2.75) is 83.7 Å². The molecule has 1 heterocycles. The fourth-order valence-corrected chi connectivity index (χ4v) is 5.41. The molecule has 2 fully saturated rings. The number of nitrogens with zero attached hydrogens (tertiary/aromatic N) is 1. The Morgan fingerprint density at radius 3 is 2.33 bits per heavy atom. The lowest BCUT2D eigenvalue weighted by atomic mass is 9.85. The highest BCUT2D eigenvalue weighted by molar-refractivity contribution is 5.96. The number of ether oxygens (including phenoxy) is 2. The summed E-state index contributed by atoms with van der Waals surface area (Å²) >= 11 is 0. The van der Waals surface area contributed by atoms with Crippen LogP contribution in [0.3, 0.4) is 0 Å². The van der Waals surface area contributed by atoms with E-state index < -0.39 is 64.5 Å². The number of fused-ring (bicyclic) bond motifs is 1. The van der Waals surface area contributed by atoms with Gasteiger partial charge in [-0.2, -0.15) is 0 Å². The van der Waals surface area contributed by atoms with E-state index in [4.69, 9.17) is 9.47 Å². The SMILES string of the molecule is C=CC1CC1(NC(=O)C1CC(Oc2cccc3ccccc23)CN1C(=O)C(NC(=O)OC(C)(C)C)C(C)(C)C)C(=O)O. The third-order valence-corrected chi connectivity index (χ3v) is 7.69. The van der Waals surface area contributed by atoms with Crippen LogP contribution in [0, 0.1) is 11.3 Å². The molecule has 5 unspecified atom stereocenters. The van der Waals surface area contributed by atoms with Crippen LogP contribution >= 0.6 is 0 Å². The van der Waals surface area contributed by atoms with E-state index in [2.05, 4.69) is 17.2 Å². The summed E-state index contributed by atoms with van der Waals surface area (Å²) < 4.78 is 11.8. The second-order valence-corrected chi connectivity index (χ2v) is 13.2. The molecule has 1 saturated carbocycles. The zero-order chi connectivity index (χ0) is 31.0. The number of carbonyl (C=O) groups is 4. The van der Waals surface area contributed by atoms with Crippen molar-refractivity contribution in [3.63, 3.8) is 0 Å². The number of likely N-dealkylation sites (tertiary alicyclic amines) is 1. The van der Waals surface area contributed by atoms with Crippen molar-refractivity contribution in [3.8, 4) is 5.75 Å². The van der Waals surface area contributed by atoms with Gasteiger partial charge in [-0.25, -0.2) is 9.59 Å². The summed E-state index contributed by atoms with van der Waals surface area (Å²) in [5.41, 5.74) is -2.98. The predicted molar refractivity (Wildman–Crippen MR) is 158 cm³/mol. The smallest absolute Gasteiger partial charge is 0.408 e. The molecular weight excluding hydrogens is 538 g/mol. The van der Waals surface area contributed by atoms with Crippen molar-refractivity contribution < 1.29 is 33.8 Å². The molecule has 2 aromatic rings. The van der Waals surface area contributed by atoms with E-state index in [1.165, 1.54) is 11.0 Å². The summed E-state index contributed by atoms with van der Waals surface area (Å²) in [5.74, 6) is -2.04. The summed E-state index contributed by atoms with van der Waals surface area (Å²) in [6.07, 6.45) is 0.556. The van der Waals surface area contributed by atoms with Gasteiger partial charge in [0.05, 0.1) is 6.54 Å². The average Bonchev–Trinajstić information content (AvgIpc) is 3.45. The number of nitrogens with one attached hydrogen (secondary N) is 2. The number of hydrogen-bond donors (Lipinski definition) is 3. The van der Waals surface area contributed by atoms with E-state index >= 15 is 0 Å². The van der Waals surface area contributed by atoms with Gasteiger partial charge in [0.1, 0.15) is 35.1 Å². The Morgan fingerprint density at radius 2 is 1.74 bits per heavy atom. The van der Waals surface area contributed by atoms with Crippen LogP contribution in [0.1, 0.15) is 54.4 Å². The number of amides is 3. The molecule has 4 rings (SSSR count). The number of aliphatic carboxylic acids is 1. The van der Waals surface area contributed by atoms with Gasteiger partial charge in [0.2, 0.25) is 11.8 Å². The van der Waals surface area contributed by atoms with Gasteiger partial charge in [-0.05, 0) is 44.1 Å². The summed E-state index contributed by atoms with van der Waals surface area (Å²) in [5, 5.41) is 17.1. The molecule has 1 aliphatic heterocycles. The Labute approximate surface area is 246 Å². The van der Waals surface area contributed by atoms with Gasteiger partial charge >= 0.3 is 12.1 Å².